The van der Waals surface area contributed by atoms with Gasteiger partial charge in [0, 0.05) is 0 Å². The van der Waals surface area contributed by atoms with Crippen LogP contribution in [0.1, 0.15) is 13.3 Å². The zero-order valence-corrected chi connectivity index (χ0v) is 8.19. The van der Waals surface area contributed by atoms with Crippen LogP contribution in [0.2, 0.25) is 0 Å². The highest BCUT2D eigenvalue weighted by molar-refractivity contribution is 5.94. The zero-order chi connectivity index (χ0) is 10.8. The Morgan fingerprint density at radius 2 is 2.07 bits per heavy atom. The van der Waals surface area contributed by atoms with Gasteiger partial charge >= 0.3 is 5.97 Å². The van der Waals surface area contributed by atoms with E-state index in [1.54, 1.807) is 12.2 Å². The molecule has 0 heterocycles. The Hall–Kier alpha value is -1.42. The third-order valence-electron chi connectivity index (χ3n) is 1.14. The van der Waals surface area contributed by atoms with Gasteiger partial charge in [-0.2, -0.15) is 0 Å². The van der Waals surface area contributed by atoms with E-state index in [9.17, 15) is 9.59 Å². The first-order valence-electron chi connectivity index (χ1n) is 4.19. The molecule has 0 bridgehead atoms. The second kappa shape index (κ2) is 8.19. The van der Waals surface area contributed by atoms with Gasteiger partial charge in [0.25, 0.3) is 0 Å². The number of ketones is 1. The molecule has 0 aromatic rings. The molecule has 0 aliphatic heterocycles. The molecule has 0 unspecified atom stereocenters. The average molecular weight is 198 g/mol. The van der Waals surface area contributed by atoms with Crippen LogP contribution in [0, 0.1) is 0 Å². The molecule has 0 aliphatic rings. The Morgan fingerprint density at radius 1 is 1.36 bits per heavy atom. The van der Waals surface area contributed by atoms with E-state index in [1.807, 2.05) is 0 Å². The number of hydrogen-bond acceptors (Lipinski definition) is 4. The molecule has 0 spiro atoms. The zero-order valence-electron chi connectivity index (χ0n) is 8.19. The largest absolute Gasteiger partial charge is 0.434 e. The second-order valence-corrected chi connectivity index (χ2v) is 2.57. The maximum atomic E-state index is 10.8. The lowest BCUT2D eigenvalue weighted by Gasteiger charge is -1.96. The minimum atomic E-state index is -0.558. The lowest BCUT2D eigenvalue weighted by Crippen LogP contribution is -2.05. The molecule has 4 nitrogen and oxygen atoms in total. The molecule has 0 aromatic heterocycles. The summed E-state index contributed by atoms with van der Waals surface area (Å²) in [5.74, 6) is -0.774. The standard InChI is InChI=1S/C10H14O4/c1-3-5-13-6-4-7-14-10(12)8-9(2)11/h3-4,7H,1,5-6,8H2,2H3. The summed E-state index contributed by atoms with van der Waals surface area (Å²) in [4.78, 5) is 21.3. The van der Waals surface area contributed by atoms with Gasteiger partial charge in [0.05, 0.1) is 19.5 Å². The van der Waals surface area contributed by atoms with E-state index in [2.05, 4.69) is 11.3 Å². The molecule has 4 heteroatoms. The smallest absolute Gasteiger partial charge is 0.318 e. The van der Waals surface area contributed by atoms with Crippen molar-refractivity contribution in [1.29, 1.82) is 0 Å². The number of carbonyl (C=O) groups excluding carboxylic acids is 2. The number of rotatable bonds is 7. The minimum absolute atomic E-state index is 0.197. The van der Waals surface area contributed by atoms with Crippen LogP contribution in [-0.4, -0.2) is 25.0 Å². The van der Waals surface area contributed by atoms with Crippen molar-refractivity contribution in [3.63, 3.8) is 0 Å². The lowest BCUT2D eigenvalue weighted by molar-refractivity contribution is -0.140. The van der Waals surface area contributed by atoms with Crippen LogP contribution < -0.4 is 0 Å². The van der Waals surface area contributed by atoms with E-state index in [0.717, 1.165) is 0 Å². The Bertz CT molecular complexity index is 230. The average Bonchev–Trinajstić information content (AvgIpc) is 2.10. The SMILES string of the molecule is C=CCOCC=COC(=O)CC(C)=O. The molecule has 14 heavy (non-hydrogen) atoms. The monoisotopic (exact) mass is 198 g/mol. The van der Waals surface area contributed by atoms with Gasteiger partial charge < -0.3 is 9.47 Å². The van der Waals surface area contributed by atoms with Gasteiger partial charge in [-0.05, 0) is 13.0 Å². The predicted octanol–water partition coefficient (Wildman–Crippen LogP) is 1.22. The number of Topliss-reactive ketones (excluding diaryl/α,β-unsaturated/α-hetero) is 1. The van der Waals surface area contributed by atoms with Crippen molar-refractivity contribution in [3.8, 4) is 0 Å². The Labute approximate surface area is 83.2 Å². The van der Waals surface area contributed by atoms with E-state index in [4.69, 9.17) is 4.74 Å². The summed E-state index contributed by atoms with van der Waals surface area (Å²) in [6.45, 7) is 5.60. The van der Waals surface area contributed by atoms with Crippen molar-refractivity contribution in [1.82, 2.24) is 0 Å². The summed E-state index contributed by atoms with van der Waals surface area (Å²) < 4.78 is 9.57. The quantitative estimate of drug-likeness (QED) is 0.203. The summed E-state index contributed by atoms with van der Waals surface area (Å²) in [6.07, 6.45) is 4.18. The number of carbonyl (C=O) groups is 2. The highest BCUT2D eigenvalue weighted by atomic mass is 16.5. The molecule has 0 atom stereocenters. The fourth-order valence-electron chi connectivity index (χ4n) is 0.628. The molecule has 0 aliphatic carbocycles. The first-order valence-corrected chi connectivity index (χ1v) is 4.19. The maximum absolute atomic E-state index is 10.8. The van der Waals surface area contributed by atoms with Crippen molar-refractivity contribution in [2.75, 3.05) is 13.2 Å². The summed E-state index contributed by atoms with van der Waals surface area (Å²) >= 11 is 0. The fraction of sp³-hybridized carbons (Fsp3) is 0.400. The van der Waals surface area contributed by atoms with Gasteiger partial charge in [-0.1, -0.05) is 6.08 Å². The molecule has 0 aromatic carbocycles. The lowest BCUT2D eigenvalue weighted by atomic mass is 10.3. The van der Waals surface area contributed by atoms with Crippen molar-refractivity contribution >= 4 is 11.8 Å². The van der Waals surface area contributed by atoms with Gasteiger partial charge in [0.2, 0.25) is 0 Å². The normalized spacial score (nSPS) is 10.1. The van der Waals surface area contributed by atoms with E-state index < -0.39 is 5.97 Å². The summed E-state index contributed by atoms with van der Waals surface area (Å²) in [5, 5.41) is 0. The molecular formula is C10H14O4. The first-order chi connectivity index (χ1) is 6.66. The second-order valence-electron chi connectivity index (χ2n) is 2.57. The molecule has 0 rings (SSSR count). The minimum Gasteiger partial charge on any atom is -0.434 e. The highest BCUT2D eigenvalue weighted by Crippen LogP contribution is 1.89. The summed E-state index contributed by atoms with van der Waals surface area (Å²) in [7, 11) is 0. The van der Waals surface area contributed by atoms with Crippen LogP contribution in [0.15, 0.2) is 25.0 Å². The van der Waals surface area contributed by atoms with Crippen LogP contribution in [0.5, 0.6) is 0 Å². The van der Waals surface area contributed by atoms with Crippen LogP contribution in [0.4, 0.5) is 0 Å². The van der Waals surface area contributed by atoms with E-state index >= 15 is 0 Å². The van der Waals surface area contributed by atoms with Crippen LogP contribution >= 0.6 is 0 Å². The number of ether oxygens (including phenoxy) is 2. The molecule has 0 amide bonds. The molecule has 0 fully saturated rings. The first kappa shape index (κ1) is 12.6. The van der Waals surface area contributed by atoms with Crippen molar-refractivity contribution in [2.45, 2.75) is 13.3 Å². The van der Waals surface area contributed by atoms with Crippen molar-refractivity contribution < 1.29 is 19.1 Å². The third kappa shape index (κ3) is 8.67. The Balaban J connectivity index is 3.46. The summed E-state index contributed by atoms with van der Waals surface area (Å²) in [6, 6.07) is 0. The van der Waals surface area contributed by atoms with Crippen molar-refractivity contribution in [2.24, 2.45) is 0 Å². The number of esters is 1. The summed E-state index contributed by atoms with van der Waals surface area (Å²) in [5.41, 5.74) is 0. The van der Waals surface area contributed by atoms with Crippen LogP contribution in [-0.2, 0) is 19.1 Å². The van der Waals surface area contributed by atoms with Gasteiger partial charge in [0.15, 0.2) is 0 Å². The molecular weight excluding hydrogens is 184 g/mol. The maximum Gasteiger partial charge on any atom is 0.318 e. The van der Waals surface area contributed by atoms with Crippen LogP contribution in [0.25, 0.3) is 0 Å². The van der Waals surface area contributed by atoms with Gasteiger partial charge in [0.1, 0.15) is 12.2 Å². The highest BCUT2D eigenvalue weighted by Gasteiger charge is 2.03. The van der Waals surface area contributed by atoms with Gasteiger partial charge in [-0.25, -0.2) is 0 Å². The molecule has 0 saturated heterocycles. The van der Waals surface area contributed by atoms with E-state index in [1.165, 1.54) is 13.2 Å². The molecule has 78 valence electrons. The molecule has 0 saturated carbocycles. The van der Waals surface area contributed by atoms with Gasteiger partial charge in [-0.3, -0.25) is 9.59 Å². The van der Waals surface area contributed by atoms with E-state index in [-0.39, 0.29) is 12.2 Å². The number of hydrogen-bond donors (Lipinski definition) is 0. The van der Waals surface area contributed by atoms with Crippen molar-refractivity contribution in [3.05, 3.63) is 25.0 Å². The van der Waals surface area contributed by atoms with Gasteiger partial charge in [-0.15, -0.1) is 6.58 Å². The third-order valence-corrected chi connectivity index (χ3v) is 1.14. The topological polar surface area (TPSA) is 52.6 Å². The molecule has 0 radical (unpaired) electrons. The fourth-order valence-corrected chi connectivity index (χ4v) is 0.628. The Morgan fingerprint density at radius 3 is 2.64 bits per heavy atom. The molecule has 0 N–H and O–H groups in total. The Kier molecular flexibility index (Phi) is 7.36. The van der Waals surface area contributed by atoms with E-state index in [0.29, 0.717) is 13.2 Å². The predicted molar refractivity (Wildman–Crippen MR) is 51.5 cm³/mol. The van der Waals surface area contributed by atoms with Crippen LogP contribution in [0.3, 0.4) is 0 Å².